The molecule has 0 bridgehead atoms. The van der Waals surface area contributed by atoms with Crippen LogP contribution in [-0.4, -0.2) is 57.4 Å². The molecule has 2 heterocycles. The number of carbonyl (C=O) groups is 2. The third-order valence-electron chi connectivity index (χ3n) is 2.38. The van der Waals surface area contributed by atoms with E-state index in [4.69, 9.17) is 10.2 Å². The van der Waals surface area contributed by atoms with Crippen molar-refractivity contribution in [3.05, 3.63) is 0 Å². The SMILES string of the molecule is O=C(O)N1CC2C(C1)N2C(=O)O. The van der Waals surface area contributed by atoms with Crippen LogP contribution in [0.15, 0.2) is 0 Å². The minimum absolute atomic E-state index is 0.0846. The summed E-state index contributed by atoms with van der Waals surface area (Å²) < 4.78 is 0. The largest absolute Gasteiger partial charge is 0.465 e. The second-order valence-corrected chi connectivity index (χ2v) is 3.01. The van der Waals surface area contributed by atoms with Crippen LogP contribution in [0.5, 0.6) is 0 Å². The predicted octanol–water partition coefficient (Wildman–Crippen LogP) is -0.289. The van der Waals surface area contributed by atoms with Crippen LogP contribution in [-0.2, 0) is 0 Å². The zero-order valence-electron chi connectivity index (χ0n) is 6.17. The van der Waals surface area contributed by atoms with Crippen molar-refractivity contribution in [3.63, 3.8) is 0 Å². The summed E-state index contributed by atoms with van der Waals surface area (Å²) in [6.45, 7) is 0.651. The Morgan fingerprint density at radius 1 is 1.08 bits per heavy atom. The van der Waals surface area contributed by atoms with Crippen LogP contribution < -0.4 is 0 Å². The first-order valence-corrected chi connectivity index (χ1v) is 3.60. The molecule has 0 spiro atoms. The fraction of sp³-hybridized carbons (Fsp3) is 0.667. The fourth-order valence-electron chi connectivity index (χ4n) is 1.72. The number of piperazine rings is 1. The topological polar surface area (TPSA) is 80.8 Å². The standard InChI is InChI=1S/C6H8N2O4/c9-5(10)7-1-3-4(2-7)8(3)6(11)12/h3-4H,1-2H2,(H,9,10)(H,11,12). The average molecular weight is 172 g/mol. The molecule has 2 rings (SSSR count). The van der Waals surface area contributed by atoms with Gasteiger partial charge in [-0.25, -0.2) is 9.59 Å². The Hall–Kier alpha value is -1.46. The predicted molar refractivity (Wildman–Crippen MR) is 37.0 cm³/mol. The van der Waals surface area contributed by atoms with Gasteiger partial charge in [0.15, 0.2) is 0 Å². The number of carboxylic acid groups (broad SMARTS) is 2. The van der Waals surface area contributed by atoms with Crippen molar-refractivity contribution in [2.75, 3.05) is 13.1 Å². The summed E-state index contributed by atoms with van der Waals surface area (Å²) >= 11 is 0. The van der Waals surface area contributed by atoms with Crippen LogP contribution in [0.4, 0.5) is 9.59 Å². The lowest BCUT2D eigenvalue weighted by molar-refractivity contribution is 0.137. The molecule has 6 heteroatoms. The van der Waals surface area contributed by atoms with Crippen LogP contribution >= 0.6 is 0 Å². The van der Waals surface area contributed by atoms with Gasteiger partial charge >= 0.3 is 12.2 Å². The summed E-state index contributed by atoms with van der Waals surface area (Å²) in [5, 5.41) is 17.1. The van der Waals surface area contributed by atoms with Crippen LogP contribution in [0.3, 0.4) is 0 Å². The first-order chi connectivity index (χ1) is 5.61. The maximum absolute atomic E-state index is 10.4. The molecule has 0 aromatic heterocycles. The smallest absolute Gasteiger partial charge is 0.408 e. The third kappa shape index (κ3) is 0.806. The van der Waals surface area contributed by atoms with E-state index >= 15 is 0 Å². The van der Waals surface area contributed by atoms with Gasteiger partial charge in [-0.15, -0.1) is 0 Å². The number of likely N-dealkylation sites (tertiary alicyclic amines) is 1. The minimum atomic E-state index is -0.965. The molecule has 2 fully saturated rings. The fourth-order valence-corrected chi connectivity index (χ4v) is 1.72. The Morgan fingerprint density at radius 3 is 1.92 bits per heavy atom. The Kier molecular flexibility index (Phi) is 1.22. The van der Waals surface area contributed by atoms with E-state index in [-0.39, 0.29) is 12.1 Å². The van der Waals surface area contributed by atoms with Crippen LogP contribution in [0.2, 0.25) is 0 Å². The lowest BCUT2D eigenvalue weighted by atomic mass is 10.4. The number of hydrogen-bond acceptors (Lipinski definition) is 2. The quantitative estimate of drug-likeness (QED) is 0.492. The molecule has 2 amide bonds. The van der Waals surface area contributed by atoms with E-state index in [9.17, 15) is 9.59 Å². The molecule has 2 aliphatic heterocycles. The summed E-state index contributed by atoms with van der Waals surface area (Å²) in [5.74, 6) is 0. The maximum Gasteiger partial charge on any atom is 0.408 e. The molecule has 2 N–H and O–H groups in total. The van der Waals surface area contributed by atoms with Gasteiger partial charge in [-0.05, 0) is 0 Å². The van der Waals surface area contributed by atoms with Crippen molar-refractivity contribution >= 4 is 12.2 Å². The van der Waals surface area contributed by atoms with Gasteiger partial charge < -0.3 is 15.1 Å². The van der Waals surface area contributed by atoms with Gasteiger partial charge in [0.1, 0.15) is 0 Å². The first-order valence-electron chi connectivity index (χ1n) is 3.60. The molecular weight excluding hydrogens is 164 g/mol. The van der Waals surface area contributed by atoms with Crippen molar-refractivity contribution in [1.29, 1.82) is 0 Å². The minimum Gasteiger partial charge on any atom is -0.465 e. The highest BCUT2D eigenvalue weighted by Gasteiger charge is 2.57. The van der Waals surface area contributed by atoms with E-state index in [1.54, 1.807) is 0 Å². The molecule has 0 aliphatic carbocycles. The lowest BCUT2D eigenvalue weighted by Crippen LogP contribution is -2.34. The van der Waals surface area contributed by atoms with E-state index in [1.807, 2.05) is 0 Å². The molecule has 0 aromatic rings. The third-order valence-corrected chi connectivity index (χ3v) is 2.38. The van der Waals surface area contributed by atoms with E-state index in [0.717, 1.165) is 0 Å². The maximum atomic E-state index is 10.4. The number of hydrogen-bond donors (Lipinski definition) is 2. The monoisotopic (exact) mass is 172 g/mol. The van der Waals surface area contributed by atoms with Crippen molar-refractivity contribution in [3.8, 4) is 0 Å². The van der Waals surface area contributed by atoms with Gasteiger partial charge in [-0.1, -0.05) is 0 Å². The zero-order valence-corrected chi connectivity index (χ0v) is 6.17. The molecule has 2 atom stereocenters. The molecule has 12 heavy (non-hydrogen) atoms. The summed E-state index contributed by atoms with van der Waals surface area (Å²) in [6, 6.07) is -0.169. The van der Waals surface area contributed by atoms with Gasteiger partial charge in [0.25, 0.3) is 0 Å². The second-order valence-electron chi connectivity index (χ2n) is 3.01. The molecule has 0 saturated carbocycles. The number of fused-ring (bicyclic) bond motifs is 1. The normalized spacial score (nSPS) is 31.7. The summed E-state index contributed by atoms with van der Waals surface area (Å²) in [6.07, 6.45) is -1.91. The van der Waals surface area contributed by atoms with Crippen LogP contribution in [0.1, 0.15) is 0 Å². The van der Waals surface area contributed by atoms with Crippen LogP contribution in [0, 0.1) is 0 Å². The number of nitrogens with zero attached hydrogens (tertiary/aromatic N) is 2. The highest BCUT2D eigenvalue weighted by molar-refractivity contribution is 5.72. The Balaban J connectivity index is 1.94. The molecule has 0 radical (unpaired) electrons. The van der Waals surface area contributed by atoms with E-state index in [1.165, 1.54) is 9.80 Å². The summed E-state index contributed by atoms with van der Waals surface area (Å²) in [4.78, 5) is 23.4. The second kappa shape index (κ2) is 2.02. The molecular formula is C6H8N2O4. The average Bonchev–Trinajstić information content (AvgIpc) is 2.48. The number of rotatable bonds is 0. The molecule has 2 saturated heterocycles. The van der Waals surface area contributed by atoms with Crippen molar-refractivity contribution in [1.82, 2.24) is 9.80 Å². The van der Waals surface area contributed by atoms with Crippen LogP contribution in [0.25, 0.3) is 0 Å². The van der Waals surface area contributed by atoms with Crippen molar-refractivity contribution in [2.45, 2.75) is 12.1 Å². The summed E-state index contributed by atoms with van der Waals surface area (Å²) in [7, 11) is 0. The van der Waals surface area contributed by atoms with E-state index in [0.29, 0.717) is 13.1 Å². The van der Waals surface area contributed by atoms with Gasteiger partial charge in [-0.2, -0.15) is 0 Å². The highest BCUT2D eigenvalue weighted by Crippen LogP contribution is 2.35. The zero-order chi connectivity index (χ0) is 8.88. The van der Waals surface area contributed by atoms with Gasteiger partial charge in [-0.3, -0.25) is 4.90 Å². The molecule has 66 valence electrons. The lowest BCUT2D eigenvalue weighted by Gasteiger charge is -2.15. The molecule has 0 aromatic carbocycles. The van der Waals surface area contributed by atoms with E-state index in [2.05, 4.69) is 0 Å². The number of amides is 2. The molecule has 2 unspecified atom stereocenters. The van der Waals surface area contributed by atoms with Crippen molar-refractivity contribution in [2.24, 2.45) is 0 Å². The Bertz CT molecular complexity index is 230. The first kappa shape index (κ1) is 7.20. The molecule has 6 nitrogen and oxygen atoms in total. The summed E-state index contributed by atoms with van der Waals surface area (Å²) in [5.41, 5.74) is 0. The Labute approximate surface area is 68.0 Å². The van der Waals surface area contributed by atoms with Gasteiger partial charge in [0, 0.05) is 13.1 Å². The van der Waals surface area contributed by atoms with Gasteiger partial charge in [0.2, 0.25) is 0 Å². The van der Waals surface area contributed by atoms with E-state index < -0.39 is 12.2 Å². The molecule has 2 aliphatic rings. The van der Waals surface area contributed by atoms with Gasteiger partial charge in [0.05, 0.1) is 12.1 Å². The highest BCUT2D eigenvalue weighted by atomic mass is 16.4. The van der Waals surface area contributed by atoms with Crippen molar-refractivity contribution < 1.29 is 19.8 Å². The Morgan fingerprint density at radius 2 is 1.58 bits per heavy atom.